The molecule has 1 heterocycles. The first-order valence-electron chi connectivity index (χ1n) is 6.18. The van der Waals surface area contributed by atoms with Crippen LogP contribution in [0, 0.1) is 6.07 Å². The Bertz CT molecular complexity index is 562. The number of benzene rings is 2. The average molecular weight is 236 g/mol. The summed E-state index contributed by atoms with van der Waals surface area (Å²) in [7, 11) is 0. The number of fused-ring (bicyclic) bond motifs is 1. The number of hydrogen-bond donors (Lipinski definition) is 0. The van der Waals surface area contributed by atoms with Gasteiger partial charge in [0, 0.05) is 12.2 Å². The van der Waals surface area contributed by atoms with Crippen molar-refractivity contribution in [3.05, 3.63) is 65.7 Å². The molecule has 0 fully saturated rings. The number of carbonyl (C=O) groups is 1. The zero-order valence-corrected chi connectivity index (χ0v) is 10.1. The van der Waals surface area contributed by atoms with Crippen molar-refractivity contribution in [2.45, 2.75) is 12.8 Å². The van der Waals surface area contributed by atoms with Crippen molar-refractivity contribution in [1.29, 1.82) is 0 Å². The van der Waals surface area contributed by atoms with Crippen LogP contribution in [0.3, 0.4) is 0 Å². The second-order valence-electron chi connectivity index (χ2n) is 4.51. The van der Waals surface area contributed by atoms with E-state index in [2.05, 4.69) is 6.07 Å². The Hall–Kier alpha value is -2.09. The van der Waals surface area contributed by atoms with Gasteiger partial charge in [-0.25, -0.2) is 0 Å². The van der Waals surface area contributed by atoms with Crippen molar-refractivity contribution >= 4 is 11.6 Å². The first-order chi connectivity index (χ1) is 8.84. The lowest BCUT2D eigenvalue weighted by molar-refractivity contribution is -0.117. The Morgan fingerprint density at radius 1 is 1.22 bits per heavy atom. The molecule has 1 radical (unpaired) electrons. The van der Waals surface area contributed by atoms with Gasteiger partial charge in [-0.15, -0.1) is 0 Å². The predicted octanol–water partition coefficient (Wildman–Crippen LogP) is 2.62. The second kappa shape index (κ2) is 4.65. The van der Waals surface area contributed by atoms with Gasteiger partial charge in [0.15, 0.2) is 0 Å². The van der Waals surface area contributed by atoms with Crippen molar-refractivity contribution in [1.82, 2.24) is 0 Å². The number of hydrogen-bond acceptors (Lipinski definition) is 1. The highest BCUT2D eigenvalue weighted by atomic mass is 16.2. The third-order valence-corrected chi connectivity index (χ3v) is 3.32. The Morgan fingerprint density at radius 2 is 2.06 bits per heavy atom. The minimum absolute atomic E-state index is 0.166. The quantitative estimate of drug-likeness (QED) is 0.785. The Kier molecular flexibility index (Phi) is 2.85. The fourth-order valence-corrected chi connectivity index (χ4v) is 2.39. The molecule has 89 valence electrons. The fraction of sp³-hybridized carbons (Fsp3) is 0.188. The van der Waals surface area contributed by atoms with E-state index in [1.54, 1.807) is 0 Å². The number of nitrogens with zero attached hydrogens (tertiary/aromatic N) is 1. The molecule has 1 amide bonds. The van der Waals surface area contributed by atoms with E-state index in [0.29, 0.717) is 6.42 Å². The van der Waals surface area contributed by atoms with Crippen molar-refractivity contribution in [3.63, 3.8) is 0 Å². The first kappa shape index (κ1) is 11.0. The number of rotatable bonds is 2. The van der Waals surface area contributed by atoms with E-state index in [-0.39, 0.29) is 5.91 Å². The topological polar surface area (TPSA) is 20.3 Å². The standard InChI is InChI=1S/C16H14NO/c18-16(12-13-6-2-1-3-7-13)17-11-10-14-8-4-5-9-15(14)17/h1-4,6-9H,10-12H2. The predicted molar refractivity (Wildman–Crippen MR) is 71.5 cm³/mol. The van der Waals surface area contributed by atoms with Gasteiger partial charge in [0.2, 0.25) is 5.91 Å². The van der Waals surface area contributed by atoms with Gasteiger partial charge in [0.25, 0.3) is 0 Å². The third kappa shape index (κ3) is 2.02. The maximum absolute atomic E-state index is 12.3. The van der Waals surface area contributed by atoms with Crippen LogP contribution in [0.15, 0.2) is 48.5 Å². The van der Waals surface area contributed by atoms with Crippen LogP contribution in [0.2, 0.25) is 0 Å². The number of amides is 1. The van der Waals surface area contributed by atoms with E-state index in [4.69, 9.17) is 0 Å². The monoisotopic (exact) mass is 236 g/mol. The van der Waals surface area contributed by atoms with Crippen LogP contribution in [-0.2, 0) is 17.6 Å². The molecule has 2 aromatic rings. The van der Waals surface area contributed by atoms with Crippen LogP contribution in [0.4, 0.5) is 5.69 Å². The highest BCUT2D eigenvalue weighted by Gasteiger charge is 2.23. The van der Waals surface area contributed by atoms with Crippen LogP contribution < -0.4 is 4.90 Å². The molecular formula is C16H14NO. The third-order valence-electron chi connectivity index (χ3n) is 3.32. The molecule has 0 spiro atoms. The van der Waals surface area contributed by atoms with E-state index in [9.17, 15) is 4.79 Å². The van der Waals surface area contributed by atoms with E-state index < -0.39 is 0 Å². The summed E-state index contributed by atoms with van der Waals surface area (Å²) in [5.41, 5.74) is 3.34. The van der Waals surface area contributed by atoms with Crippen molar-refractivity contribution in [2.75, 3.05) is 11.4 Å². The molecule has 0 aliphatic carbocycles. The molecule has 0 bridgehead atoms. The summed E-state index contributed by atoms with van der Waals surface area (Å²) in [5, 5.41) is 0. The van der Waals surface area contributed by atoms with Crippen LogP contribution in [-0.4, -0.2) is 12.5 Å². The summed E-state index contributed by atoms with van der Waals surface area (Å²) >= 11 is 0. The lowest BCUT2D eigenvalue weighted by Crippen LogP contribution is -2.30. The Balaban J connectivity index is 1.79. The lowest BCUT2D eigenvalue weighted by atomic mass is 10.1. The highest BCUT2D eigenvalue weighted by Crippen LogP contribution is 2.27. The highest BCUT2D eigenvalue weighted by molar-refractivity contribution is 5.96. The van der Waals surface area contributed by atoms with Gasteiger partial charge in [-0.1, -0.05) is 42.5 Å². The van der Waals surface area contributed by atoms with E-state index in [1.165, 1.54) is 5.56 Å². The molecule has 0 saturated carbocycles. The normalized spacial score (nSPS) is 13.4. The minimum Gasteiger partial charge on any atom is -0.312 e. The summed E-state index contributed by atoms with van der Waals surface area (Å²) in [4.78, 5) is 14.2. The Labute approximate surface area is 107 Å². The van der Waals surface area contributed by atoms with E-state index in [0.717, 1.165) is 24.2 Å². The van der Waals surface area contributed by atoms with Crippen molar-refractivity contribution < 1.29 is 4.79 Å². The molecular weight excluding hydrogens is 222 g/mol. The largest absolute Gasteiger partial charge is 0.312 e. The molecule has 0 N–H and O–H groups in total. The van der Waals surface area contributed by atoms with Crippen LogP contribution >= 0.6 is 0 Å². The summed E-state index contributed by atoms with van der Waals surface area (Å²) in [6.07, 6.45) is 1.42. The maximum Gasteiger partial charge on any atom is 0.231 e. The van der Waals surface area contributed by atoms with Crippen molar-refractivity contribution in [3.8, 4) is 0 Å². The fourth-order valence-electron chi connectivity index (χ4n) is 2.39. The van der Waals surface area contributed by atoms with E-state index in [1.807, 2.05) is 53.4 Å². The second-order valence-corrected chi connectivity index (χ2v) is 4.51. The molecule has 2 heteroatoms. The molecule has 2 nitrogen and oxygen atoms in total. The van der Waals surface area contributed by atoms with Gasteiger partial charge in [0.05, 0.1) is 6.42 Å². The van der Waals surface area contributed by atoms with Gasteiger partial charge in [0.1, 0.15) is 0 Å². The first-order valence-corrected chi connectivity index (χ1v) is 6.18. The van der Waals surface area contributed by atoms with Crippen LogP contribution in [0.25, 0.3) is 0 Å². The molecule has 1 aliphatic heterocycles. The van der Waals surface area contributed by atoms with Crippen LogP contribution in [0.1, 0.15) is 11.1 Å². The summed E-state index contributed by atoms with van der Waals surface area (Å²) < 4.78 is 0. The molecule has 0 aromatic heterocycles. The minimum atomic E-state index is 0.166. The molecule has 0 unspecified atom stereocenters. The van der Waals surface area contributed by atoms with Crippen molar-refractivity contribution in [2.24, 2.45) is 0 Å². The molecule has 3 rings (SSSR count). The van der Waals surface area contributed by atoms with Gasteiger partial charge in [-0.3, -0.25) is 4.79 Å². The van der Waals surface area contributed by atoms with Crippen LogP contribution in [0.5, 0.6) is 0 Å². The summed E-state index contributed by atoms with van der Waals surface area (Å²) in [5.74, 6) is 0.166. The molecule has 0 saturated heterocycles. The number of carbonyl (C=O) groups excluding carboxylic acids is 1. The zero-order chi connectivity index (χ0) is 12.4. The van der Waals surface area contributed by atoms with Gasteiger partial charge < -0.3 is 4.90 Å². The van der Waals surface area contributed by atoms with Gasteiger partial charge in [-0.05, 0) is 29.7 Å². The van der Waals surface area contributed by atoms with E-state index >= 15 is 0 Å². The summed E-state index contributed by atoms with van der Waals surface area (Å²) in [6.45, 7) is 0.791. The average Bonchev–Trinajstić information content (AvgIpc) is 2.84. The maximum atomic E-state index is 12.3. The molecule has 0 atom stereocenters. The molecule has 18 heavy (non-hydrogen) atoms. The summed E-state index contributed by atoms with van der Waals surface area (Å²) in [6, 6.07) is 18.8. The Morgan fingerprint density at radius 3 is 2.89 bits per heavy atom. The molecule has 2 aromatic carbocycles. The van der Waals surface area contributed by atoms with Gasteiger partial charge in [-0.2, -0.15) is 0 Å². The SMILES string of the molecule is O=C(Cc1ccccc1)N1CCc2cc[c]cc21. The van der Waals surface area contributed by atoms with Gasteiger partial charge >= 0.3 is 0 Å². The lowest BCUT2D eigenvalue weighted by Gasteiger charge is -2.17. The smallest absolute Gasteiger partial charge is 0.231 e. The zero-order valence-electron chi connectivity index (χ0n) is 10.1. The number of anilines is 1. The molecule has 1 aliphatic rings.